The first-order valence-electron chi connectivity index (χ1n) is 7.81. The van der Waals surface area contributed by atoms with Crippen LogP contribution < -0.4 is 0 Å². The second-order valence-electron chi connectivity index (χ2n) is 6.60. The molecule has 0 saturated carbocycles. The van der Waals surface area contributed by atoms with Crippen molar-refractivity contribution >= 4 is 11.9 Å². The highest BCUT2D eigenvalue weighted by atomic mass is 16.5. The van der Waals surface area contributed by atoms with E-state index in [9.17, 15) is 9.59 Å². The number of carbonyl (C=O) groups is 2. The summed E-state index contributed by atoms with van der Waals surface area (Å²) in [4.78, 5) is 27.2. The molecule has 2 atom stereocenters. The fraction of sp³-hybridized carbons (Fsp3) is 0.875. The second-order valence-corrected chi connectivity index (χ2v) is 6.60. The van der Waals surface area contributed by atoms with Crippen molar-refractivity contribution in [2.75, 3.05) is 54.5 Å². The van der Waals surface area contributed by atoms with Crippen molar-refractivity contribution in [1.82, 2.24) is 9.80 Å². The fourth-order valence-corrected chi connectivity index (χ4v) is 2.17. The standard InChI is InChI=1S/C16H32N2O4/c1-13(9-17(3)4)11-21-15(19)7-8-16(20)22-12-14(2)10-18(5)6/h13-14H,7-12H2,1-6H3. The number of carbonyl (C=O) groups excluding carboxylic acids is 2. The van der Waals surface area contributed by atoms with E-state index in [-0.39, 0.29) is 36.6 Å². The summed E-state index contributed by atoms with van der Waals surface area (Å²) in [6, 6.07) is 0. The van der Waals surface area contributed by atoms with Crippen molar-refractivity contribution in [3.63, 3.8) is 0 Å². The van der Waals surface area contributed by atoms with Gasteiger partial charge in [-0.1, -0.05) is 13.8 Å². The van der Waals surface area contributed by atoms with Crippen molar-refractivity contribution in [3.05, 3.63) is 0 Å². The first-order chi connectivity index (χ1) is 10.2. The topological polar surface area (TPSA) is 59.1 Å². The number of hydrogen-bond donors (Lipinski definition) is 0. The van der Waals surface area contributed by atoms with Gasteiger partial charge < -0.3 is 19.3 Å². The number of hydrogen-bond acceptors (Lipinski definition) is 6. The van der Waals surface area contributed by atoms with Gasteiger partial charge in [0.2, 0.25) is 0 Å². The Labute approximate surface area is 134 Å². The molecule has 0 N–H and O–H groups in total. The highest BCUT2D eigenvalue weighted by molar-refractivity contribution is 5.77. The molecule has 0 aliphatic rings. The molecule has 2 unspecified atom stereocenters. The molecular formula is C16H32N2O4. The summed E-state index contributed by atoms with van der Waals surface area (Å²) in [6.45, 7) is 6.53. The summed E-state index contributed by atoms with van der Waals surface area (Å²) in [5.41, 5.74) is 0. The number of esters is 2. The lowest BCUT2D eigenvalue weighted by Crippen LogP contribution is -2.25. The van der Waals surface area contributed by atoms with Gasteiger partial charge in [0.1, 0.15) is 0 Å². The molecule has 0 aromatic carbocycles. The van der Waals surface area contributed by atoms with E-state index in [0.29, 0.717) is 13.2 Å². The zero-order valence-corrected chi connectivity index (χ0v) is 14.9. The Morgan fingerprint density at radius 2 is 1.09 bits per heavy atom. The van der Waals surface area contributed by atoms with Gasteiger partial charge in [0.05, 0.1) is 26.1 Å². The highest BCUT2D eigenvalue weighted by Gasteiger charge is 2.13. The molecule has 0 radical (unpaired) electrons. The van der Waals surface area contributed by atoms with Crippen LogP contribution in [0.15, 0.2) is 0 Å². The van der Waals surface area contributed by atoms with Crippen LogP contribution in [0.5, 0.6) is 0 Å². The van der Waals surface area contributed by atoms with Crippen LogP contribution in [0.4, 0.5) is 0 Å². The van der Waals surface area contributed by atoms with Crippen LogP contribution in [-0.4, -0.2) is 76.2 Å². The van der Waals surface area contributed by atoms with Crippen molar-refractivity contribution in [2.45, 2.75) is 26.7 Å². The summed E-state index contributed by atoms with van der Waals surface area (Å²) in [5, 5.41) is 0. The molecule has 22 heavy (non-hydrogen) atoms. The van der Waals surface area contributed by atoms with Gasteiger partial charge in [0, 0.05) is 24.9 Å². The first-order valence-corrected chi connectivity index (χ1v) is 7.81. The van der Waals surface area contributed by atoms with Crippen LogP contribution >= 0.6 is 0 Å². The zero-order chi connectivity index (χ0) is 17.1. The minimum Gasteiger partial charge on any atom is -0.465 e. The molecule has 0 bridgehead atoms. The third kappa shape index (κ3) is 12.6. The van der Waals surface area contributed by atoms with E-state index in [0.717, 1.165) is 13.1 Å². The Morgan fingerprint density at radius 1 is 0.773 bits per heavy atom. The van der Waals surface area contributed by atoms with Gasteiger partial charge in [-0.2, -0.15) is 0 Å². The minimum atomic E-state index is -0.344. The van der Waals surface area contributed by atoms with E-state index < -0.39 is 0 Å². The maximum Gasteiger partial charge on any atom is 0.306 e. The van der Waals surface area contributed by atoms with Gasteiger partial charge in [0.15, 0.2) is 0 Å². The van der Waals surface area contributed by atoms with Gasteiger partial charge in [-0.15, -0.1) is 0 Å². The molecule has 0 aliphatic carbocycles. The molecule has 130 valence electrons. The predicted molar refractivity (Wildman–Crippen MR) is 86.6 cm³/mol. The molecule has 0 saturated heterocycles. The smallest absolute Gasteiger partial charge is 0.306 e. The fourth-order valence-electron chi connectivity index (χ4n) is 2.17. The third-order valence-corrected chi connectivity index (χ3v) is 2.94. The molecule has 0 fully saturated rings. The molecule has 0 rings (SSSR count). The molecule has 0 amide bonds. The van der Waals surface area contributed by atoms with Crippen LogP contribution in [0.25, 0.3) is 0 Å². The second kappa shape index (κ2) is 11.4. The molecule has 0 aliphatic heterocycles. The molecule has 6 nitrogen and oxygen atoms in total. The zero-order valence-electron chi connectivity index (χ0n) is 14.9. The van der Waals surface area contributed by atoms with E-state index in [1.807, 2.05) is 51.8 Å². The number of nitrogens with zero attached hydrogens (tertiary/aromatic N) is 2. The lowest BCUT2D eigenvalue weighted by Gasteiger charge is -2.17. The predicted octanol–water partition coefficient (Wildman–Crippen LogP) is 1.25. The van der Waals surface area contributed by atoms with Crippen LogP contribution in [0, 0.1) is 11.8 Å². The van der Waals surface area contributed by atoms with Crippen LogP contribution in [0.2, 0.25) is 0 Å². The third-order valence-electron chi connectivity index (χ3n) is 2.94. The molecule has 6 heteroatoms. The lowest BCUT2D eigenvalue weighted by atomic mass is 10.2. The first kappa shape index (κ1) is 20.9. The molecule has 0 heterocycles. The minimum absolute atomic E-state index is 0.0789. The van der Waals surface area contributed by atoms with Crippen molar-refractivity contribution in [2.24, 2.45) is 11.8 Å². The maximum absolute atomic E-state index is 11.6. The molecule has 0 aromatic heterocycles. The van der Waals surface area contributed by atoms with E-state index >= 15 is 0 Å². The quantitative estimate of drug-likeness (QED) is 0.535. The Morgan fingerprint density at radius 3 is 1.36 bits per heavy atom. The van der Waals surface area contributed by atoms with Crippen molar-refractivity contribution in [1.29, 1.82) is 0 Å². The summed E-state index contributed by atoms with van der Waals surface area (Å²) in [7, 11) is 7.91. The molecule has 0 spiro atoms. The summed E-state index contributed by atoms with van der Waals surface area (Å²) < 4.78 is 10.3. The van der Waals surface area contributed by atoms with Gasteiger partial charge in [-0.05, 0) is 28.2 Å². The number of ether oxygens (including phenoxy) is 2. The Kier molecular flexibility index (Phi) is 10.8. The van der Waals surface area contributed by atoms with E-state index in [1.54, 1.807) is 0 Å². The van der Waals surface area contributed by atoms with Gasteiger partial charge in [-0.3, -0.25) is 9.59 Å². The van der Waals surface area contributed by atoms with Gasteiger partial charge in [-0.25, -0.2) is 0 Å². The van der Waals surface area contributed by atoms with Crippen LogP contribution in [0.3, 0.4) is 0 Å². The van der Waals surface area contributed by atoms with Gasteiger partial charge >= 0.3 is 11.9 Å². The Bertz CT molecular complexity index is 300. The summed E-state index contributed by atoms with van der Waals surface area (Å²) in [5.74, 6) is -0.136. The van der Waals surface area contributed by atoms with E-state index in [4.69, 9.17) is 9.47 Å². The Hall–Kier alpha value is -1.14. The van der Waals surface area contributed by atoms with E-state index in [1.165, 1.54) is 0 Å². The Balaban J connectivity index is 3.75. The van der Waals surface area contributed by atoms with Crippen LogP contribution in [0.1, 0.15) is 26.7 Å². The SMILES string of the molecule is CC(COC(=O)CCC(=O)OCC(C)CN(C)C)CN(C)C. The maximum atomic E-state index is 11.6. The highest BCUT2D eigenvalue weighted by Crippen LogP contribution is 2.03. The van der Waals surface area contributed by atoms with E-state index in [2.05, 4.69) is 0 Å². The summed E-state index contributed by atoms with van der Waals surface area (Å²) >= 11 is 0. The van der Waals surface area contributed by atoms with Crippen molar-refractivity contribution in [3.8, 4) is 0 Å². The number of rotatable bonds is 11. The molecular weight excluding hydrogens is 284 g/mol. The van der Waals surface area contributed by atoms with Crippen molar-refractivity contribution < 1.29 is 19.1 Å². The summed E-state index contributed by atoms with van der Waals surface area (Å²) in [6.07, 6.45) is 0.158. The average Bonchev–Trinajstić information content (AvgIpc) is 2.39. The normalized spacial score (nSPS) is 14.0. The molecule has 0 aromatic rings. The average molecular weight is 316 g/mol. The van der Waals surface area contributed by atoms with Crippen LogP contribution in [-0.2, 0) is 19.1 Å². The monoisotopic (exact) mass is 316 g/mol. The van der Waals surface area contributed by atoms with Gasteiger partial charge in [0.25, 0.3) is 0 Å². The lowest BCUT2D eigenvalue weighted by molar-refractivity contribution is -0.151. The largest absolute Gasteiger partial charge is 0.465 e.